The summed E-state index contributed by atoms with van der Waals surface area (Å²) >= 11 is 6.38. The summed E-state index contributed by atoms with van der Waals surface area (Å²) in [6.45, 7) is 0.703. The van der Waals surface area contributed by atoms with E-state index in [4.69, 9.17) is 22.3 Å². The van der Waals surface area contributed by atoms with Gasteiger partial charge in [-0.25, -0.2) is 4.98 Å². The van der Waals surface area contributed by atoms with E-state index >= 15 is 0 Å². The first-order valence-corrected chi connectivity index (χ1v) is 9.29. The summed E-state index contributed by atoms with van der Waals surface area (Å²) in [5.41, 5.74) is 9.26. The van der Waals surface area contributed by atoms with Crippen molar-refractivity contribution < 1.29 is 0 Å². The Balaban J connectivity index is 1.67. The predicted molar refractivity (Wildman–Crippen MR) is 104 cm³/mol. The number of nitrogens with zero attached hydrogens (tertiary/aromatic N) is 2. The SMILES string of the molecule is NC1CCC(Nc2nc3ccccc3n2Cc2ccccc2Cl)CC1. The van der Waals surface area contributed by atoms with Gasteiger partial charge < -0.3 is 15.6 Å². The zero-order valence-electron chi connectivity index (χ0n) is 14.2. The summed E-state index contributed by atoms with van der Waals surface area (Å²) < 4.78 is 2.23. The molecule has 3 aromatic rings. The Morgan fingerprint density at radius 2 is 1.76 bits per heavy atom. The zero-order valence-corrected chi connectivity index (χ0v) is 14.9. The number of rotatable bonds is 4. The van der Waals surface area contributed by atoms with Crippen molar-refractivity contribution in [1.29, 1.82) is 0 Å². The standard InChI is InChI=1S/C20H23ClN4/c21-17-6-2-1-5-14(17)13-25-19-8-4-3-7-18(19)24-20(25)23-16-11-9-15(22)10-12-16/h1-8,15-16H,9-13,22H2,(H,23,24). The Labute approximate surface area is 153 Å². The normalized spacial score (nSPS) is 20.7. The summed E-state index contributed by atoms with van der Waals surface area (Å²) in [6, 6.07) is 17.0. The molecule has 1 aromatic heterocycles. The molecule has 1 fully saturated rings. The fraction of sp³-hybridized carbons (Fsp3) is 0.350. The van der Waals surface area contributed by atoms with Crippen LogP contribution in [0.25, 0.3) is 11.0 Å². The Kier molecular flexibility index (Phi) is 4.64. The maximum Gasteiger partial charge on any atom is 0.204 e. The minimum absolute atomic E-state index is 0.347. The van der Waals surface area contributed by atoms with Gasteiger partial charge in [-0.1, -0.05) is 41.9 Å². The fourth-order valence-corrected chi connectivity index (χ4v) is 3.78. The number of fused-ring (bicyclic) bond motifs is 1. The van der Waals surface area contributed by atoms with Crippen molar-refractivity contribution in [3.8, 4) is 0 Å². The maximum atomic E-state index is 6.38. The lowest BCUT2D eigenvalue weighted by Crippen LogP contribution is -2.33. The monoisotopic (exact) mass is 354 g/mol. The van der Waals surface area contributed by atoms with Crippen LogP contribution in [0.5, 0.6) is 0 Å². The number of benzene rings is 2. The van der Waals surface area contributed by atoms with Crippen LogP contribution in [-0.4, -0.2) is 21.6 Å². The summed E-state index contributed by atoms with van der Waals surface area (Å²) in [5, 5.41) is 4.44. The Morgan fingerprint density at radius 1 is 1.04 bits per heavy atom. The quantitative estimate of drug-likeness (QED) is 0.729. The lowest BCUT2D eigenvalue weighted by atomic mass is 9.92. The Hall–Kier alpha value is -2.04. The average Bonchev–Trinajstić information content (AvgIpc) is 2.96. The van der Waals surface area contributed by atoms with Crippen molar-refractivity contribution in [3.05, 3.63) is 59.1 Å². The van der Waals surface area contributed by atoms with E-state index in [1.807, 2.05) is 24.3 Å². The van der Waals surface area contributed by atoms with Crippen LogP contribution in [0.15, 0.2) is 48.5 Å². The zero-order chi connectivity index (χ0) is 17.2. The van der Waals surface area contributed by atoms with Crippen molar-refractivity contribution in [2.24, 2.45) is 5.73 Å². The molecule has 2 aromatic carbocycles. The number of halogens is 1. The van der Waals surface area contributed by atoms with Gasteiger partial charge in [0.15, 0.2) is 0 Å². The molecule has 0 aliphatic heterocycles. The molecule has 3 N–H and O–H groups in total. The van der Waals surface area contributed by atoms with Crippen molar-refractivity contribution in [2.45, 2.75) is 44.3 Å². The van der Waals surface area contributed by atoms with Gasteiger partial charge in [0.05, 0.1) is 17.6 Å². The minimum atomic E-state index is 0.347. The van der Waals surface area contributed by atoms with E-state index in [1.54, 1.807) is 0 Å². The van der Waals surface area contributed by atoms with Crippen molar-refractivity contribution in [3.63, 3.8) is 0 Å². The number of nitrogens with two attached hydrogens (primary N) is 1. The molecule has 1 aliphatic rings. The summed E-state index contributed by atoms with van der Waals surface area (Å²) in [6.07, 6.45) is 4.33. The molecule has 0 bridgehead atoms. The molecule has 0 amide bonds. The molecule has 4 nitrogen and oxygen atoms in total. The van der Waals surface area contributed by atoms with Crippen LogP contribution >= 0.6 is 11.6 Å². The first kappa shape index (κ1) is 16.4. The third-order valence-electron chi connectivity index (χ3n) is 5.05. The molecule has 0 saturated heterocycles. The van der Waals surface area contributed by atoms with Gasteiger partial charge in [-0.05, 0) is 49.4 Å². The minimum Gasteiger partial charge on any atom is -0.353 e. The molecule has 25 heavy (non-hydrogen) atoms. The van der Waals surface area contributed by atoms with Crippen LogP contribution in [0.2, 0.25) is 5.02 Å². The van der Waals surface area contributed by atoms with E-state index in [9.17, 15) is 0 Å². The van der Waals surface area contributed by atoms with Crippen molar-refractivity contribution in [1.82, 2.24) is 9.55 Å². The Bertz CT molecular complexity index is 865. The highest BCUT2D eigenvalue weighted by molar-refractivity contribution is 6.31. The summed E-state index contributed by atoms with van der Waals surface area (Å²) in [7, 11) is 0. The first-order chi connectivity index (χ1) is 12.2. The average molecular weight is 355 g/mol. The molecule has 0 spiro atoms. The number of imidazole rings is 1. The smallest absolute Gasteiger partial charge is 0.204 e. The maximum absolute atomic E-state index is 6.38. The molecule has 5 heteroatoms. The van der Waals surface area contributed by atoms with Gasteiger partial charge in [-0.2, -0.15) is 0 Å². The van der Waals surface area contributed by atoms with Crippen molar-refractivity contribution in [2.75, 3.05) is 5.32 Å². The largest absolute Gasteiger partial charge is 0.353 e. The van der Waals surface area contributed by atoms with E-state index < -0.39 is 0 Å². The number of nitrogens with one attached hydrogen (secondary N) is 1. The molecule has 1 heterocycles. The van der Waals surface area contributed by atoms with Crippen LogP contribution in [0.1, 0.15) is 31.2 Å². The van der Waals surface area contributed by atoms with Gasteiger partial charge in [0.1, 0.15) is 0 Å². The second-order valence-electron chi connectivity index (χ2n) is 6.86. The predicted octanol–water partition coefficient (Wildman–Crippen LogP) is 4.42. The summed E-state index contributed by atoms with van der Waals surface area (Å²) in [4.78, 5) is 4.83. The number of anilines is 1. The van der Waals surface area contributed by atoms with Gasteiger partial charge in [0, 0.05) is 17.1 Å². The van der Waals surface area contributed by atoms with E-state index in [0.717, 1.165) is 53.3 Å². The molecular formula is C20H23ClN4. The molecule has 0 atom stereocenters. The lowest BCUT2D eigenvalue weighted by Gasteiger charge is -2.27. The molecule has 0 unspecified atom stereocenters. The van der Waals surface area contributed by atoms with Crippen LogP contribution in [0, 0.1) is 0 Å². The van der Waals surface area contributed by atoms with E-state index in [1.165, 1.54) is 0 Å². The summed E-state index contributed by atoms with van der Waals surface area (Å²) in [5.74, 6) is 0.918. The third-order valence-corrected chi connectivity index (χ3v) is 5.41. The fourth-order valence-electron chi connectivity index (χ4n) is 3.59. The molecular weight excluding hydrogens is 332 g/mol. The molecule has 1 aliphatic carbocycles. The van der Waals surface area contributed by atoms with E-state index in [0.29, 0.717) is 18.6 Å². The van der Waals surface area contributed by atoms with Crippen LogP contribution in [-0.2, 0) is 6.54 Å². The second-order valence-corrected chi connectivity index (χ2v) is 7.26. The molecule has 0 radical (unpaired) electrons. The second kappa shape index (κ2) is 7.06. The number of hydrogen-bond donors (Lipinski definition) is 2. The molecule has 1 saturated carbocycles. The number of hydrogen-bond acceptors (Lipinski definition) is 3. The van der Waals surface area contributed by atoms with Gasteiger partial charge >= 0.3 is 0 Å². The third kappa shape index (κ3) is 3.51. The molecule has 130 valence electrons. The lowest BCUT2D eigenvalue weighted by molar-refractivity contribution is 0.409. The van der Waals surface area contributed by atoms with Crippen LogP contribution in [0.4, 0.5) is 5.95 Å². The van der Waals surface area contributed by atoms with Crippen molar-refractivity contribution >= 4 is 28.6 Å². The first-order valence-electron chi connectivity index (χ1n) is 8.91. The Morgan fingerprint density at radius 3 is 2.56 bits per heavy atom. The van der Waals surface area contributed by atoms with Crippen LogP contribution < -0.4 is 11.1 Å². The highest BCUT2D eigenvalue weighted by atomic mass is 35.5. The van der Waals surface area contributed by atoms with Crippen LogP contribution in [0.3, 0.4) is 0 Å². The highest BCUT2D eigenvalue weighted by Crippen LogP contribution is 2.26. The van der Waals surface area contributed by atoms with Gasteiger partial charge in [0.2, 0.25) is 5.95 Å². The number of para-hydroxylation sites is 2. The topological polar surface area (TPSA) is 55.9 Å². The highest BCUT2D eigenvalue weighted by Gasteiger charge is 2.21. The van der Waals surface area contributed by atoms with Gasteiger partial charge in [0.25, 0.3) is 0 Å². The van der Waals surface area contributed by atoms with E-state index in [-0.39, 0.29) is 0 Å². The number of aromatic nitrogens is 2. The van der Waals surface area contributed by atoms with E-state index in [2.05, 4.69) is 34.1 Å². The molecule has 4 rings (SSSR count). The van der Waals surface area contributed by atoms with Gasteiger partial charge in [-0.15, -0.1) is 0 Å². The van der Waals surface area contributed by atoms with Gasteiger partial charge in [-0.3, -0.25) is 0 Å².